The Bertz CT molecular complexity index is 479. The van der Waals surface area contributed by atoms with E-state index in [4.69, 9.17) is 4.74 Å². The first-order valence-corrected chi connectivity index (χ1v) is 7.69. The number of urea groups is 1. The number of benzene rings is 1. The van der Waals surface area contributed by atoms with Gasteiger partial charge >= 0.3 is 12.2 Å². The van der Waals surface area contributed by atoms with Crippen LogP contribution in [0.4, 0.5) is 18.0 Å². The van der Waals surface area contributed by atoms with Crippen LogP contribution >= 0.6 is 0 Å². The molecule has 1 aromatic carbocycles. The highest BCUT2D eigenvalue weighted by molar-refractivity contribution is 5.73. The second kappa shape index (κ2) is 10.1. The molecular weight excluding hydrogens is 309 g/mol. The summed E-state index contributed by atoms with van der Waals surface area (Å²) >= 11 is 0. The van der Waals surface area contributed by atoms with E-state index in [-0.39, 0.29) is 6.54 Å². The average molecular weight is 332 g/mol. The van der Waals surface area contributed by atoms with E-state index in [0.717, 1.165) is 31.6 Å². The maximum Gasteiger partial charge on any atom is 0.416 e. The molecule has 0 aliphatic rings. The average Bonchev–Trinajstić information content (AvgIpc) is 2.51. The summed E-state index contributed by atoms with van der Waals surface area (Å²) in [5.41, 5.74) is -0.320. The lowest BCUT2D eigenvalue weighted by molar-refractivity contribution is -0.137. The quantitative estimate of drug-likeness (QED) is 0.677. The third kappa shape index (κ3) is 8.44. The zero-order chi connectivity index (χ0) is 17.1. The first-order chi connectivity index (χ1) is 10.9. The van der Waals surface area contributed by atoms with E-state index in [2.05, 4.69) is 17.6 Å². The molecule has 0 bridgehead atoms. The van der Waals surface area contributed by atoms with E-state index in [0.29, 0.717) is 25.1 Å². The van der Waals surface area contributed by atoms with Crippen molar-refractivity contribution in [2.75, 3.05) is 19.8 Å². The SMILES string of the molecule is CCCCOCCCNC(=O)NCc1cccc(C(F)(F)F)c1. The molecule has 7 heteroatoms. The van der Waals surface area contributed by atoms with Gasteiger partial charge in [-0.15, -0.1) is 0 Å². The second-order valence-electron chi connectivity index (χ2n) is 5.13. The summed E-state index contributed by atoms with van der Waals surface area (Å²) in [5.74, 6) is 0. The number of carbonyl (C=O) groups excluding carboxylic acids is 1. The summed E-state index contributed by atoms with van der Waals surface area (Å²) in [6.07, 6.45) is -1.59. The van der Waals surface area contributed by atoms with Crippen molar-refractivity contribution in [3.63, 3.8) is 0 Å². The Morgan fingerprint density at radius 3 is 2.61 bits per heavy atom. The zero-order valence-corrected chi connectivity index (χ0v) is 13.2. The third-order valence-electron chi connectivity index (χ3n) is 3.10. The molecule has 4 nitrogen and oxygen atoms in total. The van der Waals surface area contributed by atoms with Gasteiger partial charge in [0.05, 0.1) is 5.56 Å². The minimum absolute atomic E-state index is 0.0444. The predicted octanol–water partition coefficient (Wildman–Crippen LogP) is 3.71. The molecule has 0 aliphatic carbocycles. The molecule has 130 valence electrons. The van der Waals surface area contributed by atoms with Gasteiger partial charge in [0.25, 0.3) is 0 Å². The maximum atomic E-state index is 12.6. The minimum atomic E-state index is -4.38. The molecule has 0 radical (unpaired) electrons. The predicted molar refractivity (Wildman–Crippen MR) is 82.0 cm³/mol. The number of hydrogen-bond donors (Lipinski definition) is 2. The van der Waals surface area contributed by atoms with Crippen LogP contribution in [0.1, 0.15) is 37.3 Å². The number of halogens is 3. The molecular formula is C16H23F3N2O2. The Morgan fingerprint density at radius 1 is 1.17 bits per heavy atom. The number of carbonyl (C=O) groups is 1. The fourth-order valence-electron chi connectivity index (χ4n) is 1.83. The first kappa shape index (κ1) is 19.3. The molecule has 2 amide bonds. The number of ether oxygens (including phenoxy) is 1. The summed E-state index contributed by atoms with van der Waals surface area (Å²) in [7, 11) is 0. The molecule has 23 heavy (non-hydrogen) atoms. The summed E-state index contributed by atoms with van der Waals surface area (Å²) in [4.78, 5) is 11.5. The van der Waals surface area contributed by atoms with Crippen LogP contribution in [0.3, 0.4) is 0 Å². The fraction of sp³-hybridized carbons (Fsp3) is 0.562. The second-order valence-corrected chi connectivity index (χ2v) is 5.13. The Balaban J connectivity index is 2.21. The molecule has 0 saturated carbocycles. The Morgan fingerprint density at radius 2 is 1.91 bits per heavy atom. The number of unbranched alkanes of at least 4 members (excludes halogenated alkanes) is 1. The fourth-order valence-corrected chi connectivity index (χ4v) is 1.83. The number of hydrogen-bond acceptors (Lipinski definition) is 2. The molecule has 0 saturated heterocycles. The topological polar surface area (TPSA) is 50.4 Å². The molecule has 0 heterocycles. The summed E-state index contributed by atoms with van der Waals surface area (Å²) in [5, 5.41) is 5.17. The van der Waals surface area contributed by atoms with Crippen molar-refractivity contribution in [1.29, 1.82) is 0 Å². The molecule has 0 fully saturated rings. The Hall–Kier alpha value is -1.76. The maximum absolute atomic E-state index is 12.6. The summed E-state index contributed by atoms with van der Waals surface area (Å²) in [6, 6.07) is 4.49. The summed E-state index contributed by atoms with van der Waals surface area (Å²) < 4.78 is 43.1. The van der Waals surface area contributed by atoms with Gasteiger partial charge in [-0.2, -0.15) is 13.2 Å². The standard InChI is InChI=1S/C16H23F3N2O2/c1-2-3-9-23-10-5-8-20-15(22)21-12-13-6-4-7-14(11-13)16(17,18)19/h4,6-7,11H,2-3,5,8-10,12H2,1H3,(H2,20,21,22). The van der Waals surface area contributed by atoms with Crippen LogP contribution in [0.25, 0.3) is 0 Å². The lowest BCUT2D eigenvalue weighted by Gasteiger charge is -2.10. The van der Waals surface area contributed by atoms with E-state index in [1.165, 1.54) is 12.1 Å². The van der Waals surface area contributed by atoms with Gasteiger partial charge < -0.3 is 15.4 Å². The molecule has 0 atom stereocenters. The van der Waals surface area contributed by atoms with Crippen LogP contribution in [-0.2, 0) is 17.5 Å². The van der Waals surface area contributed by atoms with Crippen molar-refractivity contribution < 1.29 is 22.7 Å². The van der Waals surface area contributed by atoms with Crippen molar-refractivity contribution in [3.8, 4) is 0 Å². The van der Waals surface area contributed by atoms with Crippen molar-refractivity contribution in [2.45, 2.75) is 38.9 Å². The van der Waals surface area contributed by atoms with Crippen molar-refractivity contribution in [1.82, 2.24) is 10.6 Å². The zero-order valence-electron chi connectivity index (χ0n) is 13.2. The van der Waals surface area contributed by atoms with Gasteiger partial charge in [0.2, 0.25) is 0 Å². The largest absolute Gasteiger partial charge is 0.416 e. The normalized spacial score (nSPS) is 11.3. The van der Waals surface area contributed by atoms with Crippen LogP contribution in [0, 0.1) is 0 Å². The van der Waals surface area contributed by atoms with Gasteiger partial charge in [0.15, 0.2) is 0 Å². The highest BCUT2D eigenvalue weighted by Gasteiger charge is 2.30. The monoisotopic (exact) mass is 332 g/mol. The lowest BCUT2D eigenvalue weighted by atomic mass is 10.1. The minimum Gasteiger partial charge on any atom is -0.381 e. The molecule has 0 aromatic heterocycles. The van der Waals surface area contributed by atoms with Crippen LogP contribution in [0.2, 0.25) is 0 Å². The van der Waals surface area contributed by atoms with E-state index in [1.807, 2.05) is 0 Å². The first-order valence-electron chi connectivity index (χ1n) is 7.69. The number of alkyl halides is 3. The molecule has 0 unspecified atom stereocenters. The van der Waals surface area contributed by atoms with Gasteiger partial charge in [-0.1, -0.05) is 25.5 Å². The van der Waals surface area contributed by atoms with Crippen molar-refractivity contribution >= 4 is 6.03 Å². The number of amides is 2. The molecule has 0 spiro atoms. The van der Waals surface area contributed by atoms with Crippen LogP contribution in [0.5, 0.6) is 0 Å². The van der Waals surface area contributed by atoms with Gasteiger partial charge in [-0.3, -0.25) is 0 Å². The van der Waals surface area contributed by atoms with E-state index >= 15 is 0 Å². The smallest absolute Gasteiger partial charge is 0.381 e. The summed E-state index contributed by atoms with van der Waals surface area (Å²) in [6.45, 7) is 3.88. The highest BCUT2D eigenvalue weighted by atomic mass is 19.4. The molecule has 2 N–H and O–H groups in total. The van der Waals surface area contributed by atoms with Crippen LogP contribution in [-0.4, -0.2) is 25.8 Å². The van der Waals surface area contributed by atoms with Crippen LogP contribution < -0.4 is 10.6 Å². The molecule has 1 rings (SSSR count). The highest BCUT2D eigenvalue weighted by Crippen LogP contribution is 2.29. The van der Waals surface area contributed by atoms with E-state index < -0.39 is 17.8 Å². The molecule has 1 aromatic rings. The lowest BCUT2D eigenvalue weighted by Crippen LogP contribution is -2.35. The Kier molecular flexibility index (Phi) is 8.47. The van der Waals surface area contributed by atoms with Gasteiger partial charge in [-0.25, -0.2) is 4.79 Å². The van der Waals surface area contributed by atoms with Gasteiger partial charge in [0.1, 0.15) is 0 Å². The van der Waals surface area contributed by atoms with Crippen molar-refractivity contribution in [3.05, 3.63) is 35.4 Å². The molecule has 0 aliphatic heterocycles. The Labute approximate surface area is 134 Å². The third-order valence-corrected chi connectivity index (χ3v) is 3.10. The van der Waals surface area contributed by atoms with Gasteiger partial charge in [-0.05, 0) is 30.5 Å². The van der Waals surface area contributed by atoms with Crippen molar-refractivity contribution in [2.24, 2.45) is 0 Å². The van der Waals surface area contributed by atoms with Gasteiger partial charge in [0, 0.05) is 26.3 Å². The van der Waals surface area contributed by atoms with Crippen LogP contribution in [0.15, 0.2) is 24.3 Å². The van der Waals surface area contributed by atoms with E-state index in [1.54, 1.807) is 0 Å². The number of rotatable bonds is 9. The number of nitrogens with one attached hydrogen (secondary N) is 2. The van der Waals surface area contributed by atoms with E-state index in [9.17, 15) is 18.0 Å².